The van der Waals surface area contributed by atoms with E-state index in [2.05, 4.69) is 10.0 Å². The van der Waals surface area contributed by atoms with E-state index in [1.807, 2.05) is 13.8 Å². The van der Waals surface area contributed by atoms with Gasteiger partial charge in [-0.15, -0.1) is 0 Å². The van der Waals surface area contributed by atoms with Crippen molar-refractivity contribution in [2.45, 2.75) is 62.9 Å². The molecule has 0 saturated heterocycles. The number of sulfonamides is 1. The maximum Gasteiger partial charge on any atom is 0.251 e. The van der Waals surface area contributed by atoms with Crippen LogP contribution >= 0.6 is 0 Å². The highest BCUT2D eigenvalue weighted by atomic mass is 32.2. The molecule has 1 aliphatic carbocycles. The molecule has 4 N–H and O–H groups in total. The van der Waals surface area contributed by atoms with Gasteiger partial charge >= 0.3 is 0 Å². The molecule has 2 rings (SSSR count). The van der Waals surface area contributed by atoms with Gasteiger partial charge in [0.1, 0.15) is 0 Å². The molecule has 1 aromatic rings. The summed E-state index contributed by atoms with van der Waals surface area (Å²) in [7, 11) is -3.63. The highest BCUT2D eigenvalue weighted by molar-refractivity contribution is 7.89. The van der Waals surface area contributed by atoms with E-state index >= 15 is 0 Å². The summed E-state index contributed by atoms with van der Waals surface area (Å²) in [6.07, 6.45) is 3.82. The van der Waals surface area contributed by atoms with Crippen LogP contribution in [0.5, 0.6) is 0 Å². The summed E-state index contributed by atoms with van der Waals surface area (Å²) in [5.41, 5.74) is 6.27. The highest BCUT2D eigenvalue weighted by Crippen LogP contribution is 2.22. The molecule has 0 radical (unpaired) electrons. The monoisotopic (exact) mass is 353 g/mol. The molecular formula is C17H27N3O3S. The second-order valence-corrected chi connectivity index (χ2v) is 8.94. The van der Waals surface area contributed by atoms with Gasteiger partial charge in [0.25, 0.3) is 5.91 Å². The fourth-order valence-electron chi connectivity index (χ4n) is 2.77. The summed E-state index contributed by atoms with van der Waals surface area (Å²) in [5.74, 6) is -0.328. The van der Waals surface area contributed by atoms with Crippen LogP contribution in [0, 0.1) is 6.92 Å². The van der Waals surface area contributed by atoms with E-state index < -0.39 is 15.6 Å². The van der Waals surface area contributed by atoms with Gasteiger partial charge in [-0.2, -0.15) is 0 Å². The van der Waals surface area contributed by atoms with Gasteiger partial charge in [0.15, 0.2) is 0 Å². The molecule has 134 valence electrons. The van der Waals surface area contributed by atoms with Gasteiger partial charge in [0.2, 0.25) is 10.0 Å². The van der Waals surface area contributed by atoms with E-state index in [4.69, 9.17) is 5.73 Å². The van der Waals surface area contributed by atoms with Crippen molar-refractivity contribution in [1.29, 1.82) is 0 Å². The summed E-state index contributed by atoms with van der Waals surface area (Å²) in [4.78, 5) is 12.4. The number of hydrogen-bond donors (Lipinski definition) is 3. The number of rotatable bonds is 6. The van der Waals surface area contributed by atoms with E-state index in [1.54, 1.807) is 19.1 Å². The molecule has 1 amide bonds. The van der Waals surface area contributed by atoms with Crippen molar-refractivity contribution in [1.82, 2.24) is 10.0 Å². The van der Waals surface area contributed by atoms with E-state index in [1.165, 1.54) is 6.07 Å². The lowest BCUT2D eigenvalue weighted by molar-refractivity contribution is 0.0946. The second-order valence-electron chi connectivity index (χ2n) is 7.25. The zero-order chi connectivity index (χ0) is 18.0. The van der Waals surface area contributed by atoms with Crippen molar-refractivity contribution >= 4 is 15.9 Å². The van der Waals surface area contributed by atoms with Crippen LogP contribution in [-0.4, -0.2) is 32.5 Å². The third-order valence-electron chi connectivity index (χ3n) is 4.12. The highest BCUT2D eigenvalue weighted by Gasteiger charge is 2.25. The lowest BCUT2D eigenvalue weighted by Gasteiger charge is -2.19. The predicted molar refractivity (Wildman–Crippen MR) is 94.4 cm³/mol. The van der Waals surface area contributed by atoms with Crippen molar-refractivity contribution in [2.75, 3.05) is 6.54 Å². The van der Waals surface area contributed by atoms with E-state index in [9.17, 15) is 13.2 Å². The molecule has 0 unspecified atom stereocenters. The van der Waals surface area contributed by atoms with Crippen molar-refractivity contribution in [3.8, 4) is 0 Å². The van der Waals surface area contributed by atoms with Crippen molar-refractivity contribution in [3.05, 3.63) is 29.3 Å². The fraction of sp³-hybridized carbons (Fsp3) is 0.588. The lowest BCUT2D eigenvalue weighted by atomic mass is 10.1. The Morgan fingerprint density at radius 3 is 2.50 bits per heavy atom. The number of amides is 1. The molecule has 24 heavy (non-hydrogen) atoms. The molecule has 7 heteroatoms. The molecule has 0 heterocycles. The minimum Gasteiger partial charge on any atom is -0.350 e. The Bertz CT molecular complexity index is 702. The molecule has 1 aliphatic rings. The summed E-state index contributed by atoms with van der Waals surface area (Å²) in [6.45, 7) is 5.66. The Balaban J connectivity index is 2.19. The number of benzene rings is 1. The maximum absolute atomic E-state index is 12.6. The average molecular weight is 353 g/mol. The molecule has 6 nitrogen and oxygen atoms in total. The Hall–Kier alpha value is -1.44. The zero-order valence-corrected chi connectivity index (χ0v) is 15.4. The van der Waals surface area contributed by atoms with Crippen LogP contribution in [0.15, 0.2) is 23.1 Å². The van der Waals surface area contributed by atoms with Crippen LogP contribution in [0.2, 0.25) is 0 Å². The van der Waals surface area contributed by atoms with Crippen molar-refractivity contribution < 1.29 is 13.2 Å². The number of carbonyl (C=O) groups is 1. The Morgan fingerprint density at radius 2 is 1.92 bits per heavy atom. The predicted octanol–water partition coefficient (Wildman–Crippen LogP) is 1.68. The van der Waals surface area contributed by atoms with Crippen LogP contribution in [-0.2, 0) is 10.0 Å². The largest absolute Gasteiger partial charge is 0.350 e. The smallest absolute Gasteiger partial charge is 0.251 e. The summed E-state index contributed by atoms with van der Waals surface area (Å²) < 4.78 is 28.0. The number of hydrogen-bond acceptors (Lipinski definition) is 4. The quantitative estimate of drug-likeness (QED) is 0.724. The molecule has 0 bridgehead atoms. The van der Waals surface area contributed by atoms with Crippen LogP contribution in [0.25, 0.3) is 0 Å². The van der Waals surface area contributed by atoms with Gasteiger partial charge < -0.3 is 11.1 Å². The standard InChI is InChI=1S/C17H27N3O3S/c1-12-8-9-13(16(21)19-11-17(2,3)18)10-15(12)24(22,23)20-14-6-4-5-7-14/h8-10,14,20H,4-7,11,18H2,1-3H3,(H,19,21). The van der Waals surface area contributed by atoms with Crippen molar-refractivity contribution in [3.63, 3.8) is 0 Å². The minimum atomic E-state index is -3.63. The molecule has 1 aromatic carbocycles. The van der Waals surface area contributed by atoms with Gasteiger partial charge in [-0.25, -0.2) is 13.1 Å². The third kappa shape index (κ3) is 5.03. The summed E-state index contributed by atoms with van der Waals surface area (Å²) >= 11 is 0. The summed E-state index contributed by atoms with van der Waals surface area (Å²) in [5, 5.41) is 2.73. The molecule has 1 saturated carbocycles. The second kappa shape index (κ2) is 7.21. The first-order valence-electron chi connectivity index (χ1n) is 8.28. The lowest BCUT2D eigenvalue weighted by Crippen LogP contribution is -2.45. The normalized spacial score (nSPS) is 16.3. The van der Waals surface area contributed by atoms with Gasteiger partial charge in [-0.05, 0) is 51.3 Å². The van der Waals surface area contributed by atoms with Gasteiger partial charge in [-0.1, -0.05) is 18.9 Å². The Kier molecular flexibility index (Phi) is 5.67. The number of carbonyl (C=O) groups excluding carboxylic acids is 1. The topological polar surface area (TPSA) is 101 Å². The molecular weight excluding hydrogens is 326 g/mol. The fourth-order valence-corrected chi connectivity index (χ4v) is 4.34. The number of aryl methyl sites for hydroxylation is 1. The van der Waals surface area contributed by atoms with E-state index in [0.717, 1.165) is 25.7 Å². The summed E-state index contributed by atoms with van der Waals surface area (Å²) in [6, 6.07) is 4.71. The molecule has 0 aliphatic heterocycles. The first-order chi connectivity index (χ1) is 11.1. The van der Waals surface area contributed by atoms with Gasteiger partial charge in [0, 0.05) is 23.7 Å². The first-order valence-corrected chi connectivity index (χ1v) is 9.77. The first kappa shape index (κ1) is 18.9. The SMILES string of the molecule is Cc1ccc(C(=O)NCC(C)(C)N)cc1S(=O)(=O)NC1CCCC1. The van der Waals surface area contributed by atoms with Gasteiger partial charge in [-0.3, -0.25) is 4.79 Å². The number of nitrogens with two attached hydrogens (primary N) is 1. The molecule has 1 fully saturated rings. The molecule has 0 atom stereocenters. The van der Waals surface area contributed by atoms with Crippen molar-refractivity contribution in [2.24, 2.45) is 5.73 Å². The van der Waals surface area contributed by atoms with Crippen LogP contribution in [0.1, 0.15) is 55.5 Å². The van der Waals surface area contributed by atoms with Crippen LogP contribution in [0.4, 0.5) is 0 Å². The Morgan fingerprint density at radius 1 is 1.29 bits per heavy atom. The third-order valence-corrected chi connectivity index (χ3v) is 5.78. The Labute approximate surface area is 144 Å². The number of nitrogens with one attached hydrogen (secondary N) is 2. The molecule has 0 spiro atoms. The van der Waals surface area contributed by atoms with Crippen LogP contribution < -0.4 is 15.8 Å². The van der Waals surface area contributed by atoms with E-state index in [0.29, 0.717) is 17.7 Å². The van der Waals surface area contributed by atoms with Crippen LogP contribution in [0.3, 0.4) is 0 Å². The zero-order valence-electron chi connectivity index (χ0n) is 14.6. The maximum atomic E-state index is 12.6. The average Bonchev–Trinajstić information content (AvgIpc) is 2.96. The minimum absolute atomic E-state index is 0.00933. The van der Waals surface area contributed by atoms with Gasteiger partial charge in [0.05, 0.1) is 4.90 Å². The molecule has 0 aromatic heterocycles. The van der Waals surface area contributed by atoms with E-state index in [-0.39, 0.29) is 16.8 Å².